The molecule has 5 nitrogen and oxygen atoms in total. The van der Waals surface area contributed by atoms with E-state index in [4.69, 9.17) is 0 Å². The molecule has 0 radical (unpaired) electrons. The Balaban J connectivity index is 1.56. The molecule has 0 spiro atoms. The summed E-state index contributed by atoms with van der Waals surface area (Å²) in [5.74, 6) is -0.209. The maximum Gasteiger partial charge on any atom is 0.272 e. The van der Waals surface area contributed by atoms with E-state index in [0.29, 0.717) is 23.5 Å². The molecule has 2 aromatic heterocycles. The van der Waals surface area contributed by atoms with Crippen LogP contribution in [0.2, 0.25) is 0 Å². The van der Waals surface area contributed by atoms with Gasteiger partial charge in [-0.25, -0.2) is 0 Å². The van der Waals surface area contributed by atoms with Crippen LogP contribution in [0.4, 0.5) is 5.69 Å². The van der Waals surface area contributed by atoms with Crippen molar-refractivity contribution in [2.75, 3.05) is 11.9 Å². The molecule has 0 unspecified atom stereocenters. The van der Waals surface area contributed by atoms with E-state index in [0.717, 1.165) is 18.5 Å². The molecule has 0 saturated carbocycles. The Bertz CT molecular complexity index is 959. The Labute approximate surface area is 155 Å². The molecule has 132 valence electrons. The van der Waals surface area contributed by atoms with E-state index in [1.807, 2.05) is 30.0 Å². The normalized spacial score (nSPS) is 13.3. The highest BCUT2D eigenvalue weighted by molar-refractivity contribution is 7.10. The highest BCUT2D eigenvalue weighted by Gasteiger charge is 2.24. The molecular weight excluding hydrogens is 346 g/mol. The minimum absolute atomic E-state index is 0.00956. The summed E-state index contributed by atoms with van der Waals surface area (Å²) >= 11 is 1.76. The summed E-state index contributed by atoms with van der Waals surface area (Å²) in [6, 6.07) is 11.0. The number of hydrogen-bond acceptors (Lipinski definition) is 3. The number of anilines is 1. The van der Waals surface area contributed by atoms with Gasteiger partial charge in [-0.1, -0.05) is 6.07 Å². The zero-order valence-corrected chi connectivity index (χ0v) is 15.2. The van der Waals surface area contributed by atoms with Crippen LogP contribution >= 0.6 is 11.3 Å². The van der Waals surface area contributed by atoms with Crippen molar-refractivity contribution < 1.29 is 9.59 Å². The molecular formula is C20H19N3O2S. The van der Waals surface area contributed by atoms with Crippen LogP contribution in [0.25, 0.3) is 0 Å². The molecule has 0 bridgehead atoms. The lowest BCUT2D eigenvalue weighted by Gasteiger charge is -2.28. The molecule has 0 atom stereocenters. The monoisotopic (exact) mass is 365 g/mol. The van der Waals surface area contributed by atoms with Gasteiger partial charge in [0.05, 0.1) is 0 Å². The predicted molar refractivity (Wildman–Crippen MR) is 103 cm³/mol. The highest BCUT2D eigenvalue weighted by atomic mass is 32.1. The van der Waals surface area contributed by atoms with Crippen LogP contribution < -0.4 is 5.32 Å². The summed E-state index contributed by atoms with van der Waals surface area (Å²) < 4.78 is 0. The standard InChI is InChI=1S/C20H19N3O2S/c1-13-15(20(25)23-10-7-18-14(12-23)8-11-26-18)4-2-5-16(13)22-19(24)17-6-3-9-21-17/h2-6,8-9,11,21H,7,10,12H2,1H3,(H,22,24). The molecule has 3 aromatic rings. The van der Waals surface area contributed by atoms with Gasteiger partial charge in [-0.3, -0.25) is 9.59 Å². The number of nitrogens with one attached hydrogen (secondary N) is 2. The molecule has 0 aliphatic carbocycles. The third-order valence-electron chi connectivity index (χ3n) is 4.75. The van der Waals surface area contributed by atoms with Gasteiger partial charge in [-0.15, -0.1) is 11.3 Å². The lowest BCUT2D eigenvalue weighted by Crippen LogP contribution is -2.35. The number of nitrogens with zero attached hydrogens (tertiary/aromatic N) is 1. The quantitative estimate of drug-likeness (QED) is 0.741. The van der Waals surface area contributed by atoms with Gasteiger partial charge in [0.25, 0.3) is 11.8 Å². The van der Waals surface area contributed by atoms with Crippen LogP contribution in [-0.2, 0) is 13.0 Å². The van der Waals surface area contributed by atoms with Crippen LogP contribution in [-0.4, -0.2) is 28.2 Å². The Morgan fingerprint density at radius 1 is 1.19 bits per heavy atom. The van der Waals surface area contributed by atoms with Crippen LogP contribution in [0.1, 0.15) is 36.9 Å². The largest absolute Gasteiger partial charge is 0.357 e. The Morgan fingerprint density at radius 3 is 2.88 bits per heavy atom. The zero-order valence-electron chi connectivity index (χ0n) is 14.4. The molecule has 26 heavy (non-hydrogen) atoms. The first-order chi connectivity index (χ1) is 12.6. The number of aromatic amines is 1. The minimum atomic E-state index is -0.219. The minimum Gasteiger partial charge on any atom is -0.357 e. The van der Waals surface area contributed by atoms with Crippen molar-refractivity contribution in [3.8, 4) is 0 Å². The van der Waals surface area contributed by atoms with Crippen molar-refractivity contribution in [1.82, 2.24) is 9.88 Å². The van der Waals surface area contributed by atoms with Crippen molar-refractivity contribution in [2.45, 2.75) is 19.9 Å². The maximum atomic E-state index is 13.0. The molecule has 1 aliphatic heterocycles. The highest BCUT2D eigenvalue weighted by Crippen LogP contribution is 2.27. The molecule has 0 saturated heterocycles. The van der Waals surface area contributed by atoms with E-state index in [-0.39, 0.29) is 11.8 Å². The van der Waals surface area contributed by atoms with E-state index in [2.05, 4.69) is 21.7 Å². The number of aromatic nitrogens is 1. The molecule has 4 rings (SSSR count). The van der Waals surface area contributed by atoms with Gasteiger partial charge in [0.15, 0.2) is 0 Å². The third-order valence-corrected chi connectivity index (χ3v) is 5.77. The molecule has 6 heteroatoms. The number of fused-ring (bicyclic) bond motifs is 1. The average Bonchev–Trinajstić information content (AvgIpc) is 3.34. The molecule has 0 fully saturated rings. The van der Waals surface area contributed by atoms with Gasteiger partial charge in [0.1, 0.15) is 5.69 Å². The van der Waals surface area contributed by atoms with Crippen molar-refractivity contribution in [3.05, 3.63) is 75.2 Å². The van der Waals surface area contributed by atoms with E-state index >= 15 is 0 Å². The Kier molecular flexibility index (Phi) is 4.34. The van der Waals surface area contributed by atoms with Gasteiger partial charge in [0, 0.05) is 35.4 Å². The topological polar surface area (TPSA) is 65.2 Å². The van der Waals surface area contributed by atoms with E-state index < -0.39 is 0 Å². The van der Waals surface area contributed by atoms with Gasteiger partial charge in [0.2, 0.25) is 0 Å². The van der Waals surface area contributed by atoms with E-state index in [9.17, 15) is 9.59 Å². The number of H-pyrrole nitrogens is 1. The molecule has 3 heterocycles. The number of carbonyl (C=O) groups excluding carboxylic acids is 2. The SMILES string of the molecule is Cc1c(NC(=O)c2ccc[nH]2)cccc1C(=O)N1CCc2sccc2C1. The molecule has 2 amide bonds. The number of thiophene rings is 1. The van der Waals surface area contributed by atoms with Gasteiger partial charge in [-0.2, -0.15) is 0 Å². The van der Waals surface area contributed by atoms with Crippen molar-refractivity contribution in [1.29, 1.82) is 0 Å². The lowest BCUT2D eigenvalue weighted by molar-refractivity contribution is 0.0735. The van der Waals surface area contributed by atoms with Crippen LogP contribution in [0.5, 0.6) is 0 Å². The zero-order chi connectivity index (χ0) is 18.1. The van der Waals surface area contributed by atoms with Crippen LogP contribution in [0, 0.1) is 6.92 Å². The number of carbonyl (C=O) groups is 2. The van der Waals surface area contributed by atoms with Crippen molar-refractivity contribution in [3.63, 3.8) is 0 Å². The first kappa shape index (κ1) is 16.6. The summed E-state index contributed by atoms with van der Waals surface area (Å²) in [7, 11) is 0. The fourth-order valence-corrected chi connectivity index (χ4v) is 4.15. The Hall–Kier alpha value is -2.86. The number of hydrogen-bond donors (Lipinski definition) is 2. The van der Waals surface area contributed by atoms with Gasteiger partial charge in [-0.05, 0) is 60.2 Å². The molecule has 1 aromatic carbocycles. The smallest absolute Gasteiger partial charge is 0.272 e. The summed E-state index contributed by atoms with van der Waals surface area (Å²) in [4.78, 5) is 31.5. The fourth-order valence-electron chi connectivity index (χ4n) is 3.26. The van der Waals surface area contributed by atoms with Gasteiger partial charge >= 0.3 is 0 Å². The molecule has 2 N–H and O–H groups in total. The van der Waals surface area contributed by atoms with E-state index in [1.165, 1.54) is 10.4 Å². The third kappa shape index (κ3) is 3.04. The van der Waals surface area contributed by atoms with Crippen molar-refractivity contribution >= 4 is 28.8 Å². The van der Waals surface area contributed by atoms with E-state index in [1.54, 1.807) is 29.7 Å². The number of amides is 2. The molecule has 1 aliphatic rings. The second-order valence-electron chi connectivity index (χ2n) is 6.36. The second-order valence-corrected chi connectivity index (χ2v) is 7.36. The second kappa shape index (κ2) is 6.80. The predicted octanol–water partition coefficient (Wildman–Crippen LogP) is 3.84. The first-order valence-corrected chi connectivity index (χ1v) is 9.40. The maximum absolute atomic E-state index is 13.0. The lowest BCUT2D eigenvalue weighted by atomic mass is 10.0. The fraction of sp³-hybridized carbons (Fsp3) is 0.200. The van der Waals surface area contributed by atoms with Crippen LogP contribution in [0.3, 0.4) is 0 Å². The summed E-state index contributed by atoms with van der Waals surface area (Å²) in [5.41, 5.74) is 3.80. The number of rotatable bonds is 3. The number of benzene rings is 1. The van der Waals surface area contributed by atoms with Crippen molar-refractivity contribution in [2.24, 2.45) is 0 Å². The summed E-state index contributed by atoms with van der Waals surface area (Å²) in [5, 5.41) is 4.97. The first-order valence-electron chi connectivity index (χ1n) is 8.52. The summed E-state index contributed by atoms with van der Waals surface area (Å²) in [6.45, 7) is 3.25. The van der Waals surface area contributed by atoms with Crippen LogP contribution in [0.15, 0.2) is 48.0 Å². The Morgan fingerprint density at radius 2 is 2.08 bits per heavy atom. The average molecular weight is 365 g/mol. The summed E-state index contributed by atoms with van der Waals surface area (Å²) in [6.07, 6.45) is 2.61. The van der Waals surface area contributed by atoms with Gasteiger partial charge < -0.3 is 15.2 Å².